The molecule has 0 amide bonds. The first-order chi connectivity index (χ1) is 16.4. The third-order valence-electron chi connectivity index (χ3n) is 6.68. The van der Waals surface area contributed by atoms with Gasteiger partial charge in [-0.15, -0.1) is 0 Å². The van der Waals surface area contributed by atoms with Crippen molar-refractivity contribution in [2.24, 2.45) is 0 Å². The molecule has 1 aliphatic heterocycles. The fourth-order valence-electron chi connectivity index (χ4n) is 4.95. The molecule has 3 unspecified atom stereocenters. The Bertz CT molecular complexity index is 1300. The number of hydrogen-bond acceptors (Lipinski definition) is 9. The van der Waals surface area contributed by atoms with Crippen LogP contribution < -0.4 is 10.9 Å². The number of sulfonamides is 1. The number of pyridine rings is 1. The van der Waals surface area contributed by atoms with E-state index in [0.29, 0.717) is 32.4 Å². The summed E-state index contributed by atoms with van der Waals surface area (Å²) in [6.45, 7) is 0.627. The molecule has 11 nitrogen and oxygen atoms in total. The second-order valence-corrected chi connectivity index (χ2v) is 12.0. The quantitative estimate of drug-likeness (QED) is 0.492. The Hall–Kier alpha value is -2.07. The van der Waals surface area contributed by atoms with Crippen LogP contribution in [0.25, 0.3) is 11.0 Å². The van der Waals surface area contributed by atoms with E-state index >= 15 is 0 Å². The number of rotatable bonds is 7. The molecule has 2 aromatic heterocycles. The van der Waals surface area contributed by atoms with Gasteiger partial charge in [-0.25, -0.2) is 26.5 Å². The standard InChI is InChI=1S/C20H27F2N5O6S2/c1-35(32,33)26-7-4-13(5-8-26)24-19-23-10-12-9-14(16(21)22)18(28)27(17(12)25-19)15-3-2-6-20(15,29)11-34(30)31/h9-10,13,15-16,29H,2-8,11H2,1H3,(H,30,31)(H,23,24,25)/p-1. The van der Waals surface area contributed by atoms with Crippen LogP contribution >= 0.6 is 0 Å². The van der Waals surface area contributed by atoms with Gasteiger partial charge in [-0.2, -0.15) is 4.98 Å². The molecule has 1 saturated carbocycles. The number of nitrogens with one attached hydrogen (secondary N) is 1. The Morgan fingerprint density at radius 1 is 1.34 bits per heavy atom. The molecule has 2 aliphatic rings. The van der Waals surface area contributed by atoms with E-state index in [0.717, 1.165) is 16.9 Å². The van der Waals surface area contributed by atoms with Crippen LogP contribution in [0.15, 0.2) is 17.1 Å². The highest BCUT2D eigenvalue weighted by atomic mass is 32.2. The lowest BCUT2D eigenvalue weighted by molar-refractivity contribution is 0.0290. The third-order valence-corrected chi connectivity index (χ3v) is 8.72. The van der Waals surface area contributed by atoms with Crippen LogP contribution in [0.3, 0.4) is 0 Å². The molecule has 35 heavy (non-hydrogen) atoms. The predicted molar refractivity (Wildman–Crippen MR) is 123 cm³/mol. The average Bonchev–Trinajstić information content (AvgIpc) is 3.12. The summed E-state index contributed by atoms with van der Waals surface area (Å²) < 4.78 is 75.9. The van der Waals surface area contributed by atoms with Crippen molar-refractivity contribution in [1.82, 2.24) is 18.8 Å². The lowest BCUT2D eigenvalue weighted by atomic mass is 9.99. The van der Waals surface area contributed by atoms with E-state index in [2.05, 4.69) is 15.3 Å². The summed E-state index contributed by atoms with van der Waals surface area (Å²) in [7, 11) is -3.29. The van der Waals surface area contributed by atoms with E-state index < -0.39 is 56.0 Å². The lowest BCUT2D eigenvalue weighted by Crippen LogP contribution is -2.44. The minimum Gasteiger partial charge on any atom is -0.772 e. The van der Waals surface area contributed by atoms with Gasteiger partial charge >= 0.3 is 0 Å². The van der Waals surface area contributed by atoms with E-state index in [1.54, 1.807) is 0 Å². The summed E-state index contributed by atoms with van der Waals surface area (Å²) in [5.74, 6) is -0.526. The molecule has 0 radical (unpaired) electrons. The number of anilines is 1. The summed E-state index contributed by atoms with van der Waals surface area (Å²) in [6, 6.07) is -0.209. The maximum atomic E-state index is 13.7. The maximum absolute atomic E-state index is 13.7. The van der Waals surface area contributed by atoms with Crippen molar-refractivity contribution in [2.45, 2.75) is 56.2 Å². The Kier molecular flexibility index (Phi) is 7.26. The van der Waals surface area contributed by atoms with Crippen LogP contribution in [0.5, 0.6) is 0 Å². The zero-order valence-electron chi connectivity index (χ0n) is 18.9. The molecule has 2 aromatic rings. The average molecular weight is 535 g/mol. The molecule has 15 heteroatoms. The van der Waals surface area contributed by atoms with Crippen LogP contribution in [0.4, 0.5) is 14.7 Å². The van der Waals surface area contributed by atoms with Crippen LogP contribution in [0.2, 0.25) is 0 Å². The second kappa shape index (κ2) is 9.76. The molecule has 194 valence electrons. The van der Waals surface area contributed by atoms with Gasteiger partial charge in [-0.05, 0) is 38.2 Å². The smallest absolute Gasteiger partial charge is 0.269 e. The summed E-state index contributed by atoms with van der Waals surface area (Å²) in [4.78, 5) is 21.7. The van der Waals surface area contributed by atoms with Gasteiger partial charge in [-0.1, -0.05) is 11.1 Å². The van der Waals surface area contributed by atoms with Gasteiger partial charge < -0.3 is 15.0 Å². The second-order valence-electron chi connectivity index (χ2n) is 9.09. The molecular formula is C20H26F2N5O6S2-. The summed E-state index contributed by atoms with van der Waals surface area (Å²) in [5.41, 5.74) is -3.62. The number of fused-ring (bicyclic) bond motifs is 1. The minimum atomic E-state index is -3.29. The molecule has 1 saturated heterocycles. The fraction of sp³-hybridized carbons (Fsp3) is 0.650. The molecule has 2 N–H and O–H groups in total. The van der Waals surface area contributed by atoms with Gasteiger partial charge in [0.05, 0.1) is 23.5 Å². The van der Waals surface area contributed by atoms with Crippen LogP contribution in [-0.2, 0) is 21.1 Å². The third kappa shape index (κ3) is 5.38. The van der Waals surface area contributed by atoms with Crippen molar-refractivity contribution >= 4 is 38.1 Å². The van der Waals surface area contributed by atoms with Gasteiger partial charge in [0.1, 0.15) is 5.65 Å². The number of aromatic nitrogens is 3. The molecule has 4 rings (SSSR count). The number of halogens is 2. The predicted octanol–water partition coefficient (Wildman–Crippen LogP) is 0.900. The number of alkyl halides is 2. The fourth-order valence-corrected chi connectivity index (χ4v) is 6.57. The number of piperidine rings is 1. The SMILES string of the molecule is CS(=O)(=O)N1CCC(Nc2ncc3cc(C(F)F)c(=O)n(C4CCCC4(O)CS(=O)[O-])c3n2)CC1. The van der Waals surface area contributed by atoms with Gasteiger partial charge in [0, 0.05) is 36.5 Å². The van der Waals surface area contributed by atoms with E-state index in [-0.39, 0.29) is 35.9 Å². The molecule has 0 bridgehead atoms. The van der Waals surface area contributed by atoms with E-state index in [1.807, 2.05) is 0 Å². The summed E-state index contributed by atoms with van der Waals surface area (Å²) in [6.07, 6.45) is 1.04. The molecule has 0 aromatic carbocycles. The summed E-state index contributed by atoms with van der Waals surface area (Å²) in [5, 5.41) is 14.3. The highest BCUT2D eigenvalue weighted by Gasteiger charge is 2.44. The van der Waals surface area contributed by atoms with Crippen LogP contribution in [0.1, 0.15) is 50.1 Å². The molecule has 2 fully saturated rings. The number of hydrogen-bond donors (Lipinski definition) is 2. The van der Waals surface area contributed by atoms with Crippen molar-refractivity contribution in [2.75, 3.05) is 30.4 Å². The zero-order chi connectivity index (χ0) is 25.5. The Labute approximate surface area is 202 Å². The van der Waals surface area contributed by atoms with E-state index in [9.17, 15) is 35.9 Å². The Balaban J connectivity index is 1.73. The number of aliphatic hydroxyl groups is 1. The van der Waals surface area contributed by atoms with E-state index in [4.69, 9.17) is 0 Å². The topological polar surface area (TPSA) is 158 Å². The van der Waals surface area contributed by atoms with Crippen LogP contribution in [-0.4, -0.2) is 77.9 Å². The molecule has 0 spiro atoms. The number of nitrogens with zero attached hydrogens (tertiary/aromatic N) is 4. The first kappa shape index (κ1) is 26.0. The summed E-state index contributed by atoms with van der Waals surface area (Å²) >= 11 is -2.62. The Morgan fingerprint density at radius 3 is 2.63 bits per heavy atom. The molecule has 1 aliphatic carbocycles. The zero-order valence-corrected chi connectivity index (χ0v) is 20.5. The molecular weight excluding hydrogens is 508 g/mol. The van der Waals surface area contributed by atoms with Gasteiger partial charge in [-0.3, -0.25) is 13.6 Å². The van der Waals surface area contributed by atoms with Crippen molar-refractivity contribution in [3.8, 4) is 0 Å². The van der Waals surface area contributed by atoms with Crippen molar-refractivity contribution in [3.63, 3.8) is 0 Å². The van der Waals surface area contributed by atoms with Crippen LogP contribution in [0, 0.1) is 0 Å². The largest absolute Gasteiger partial charge is 0.772 e. The Morgan fingerprint density at radius 2 is 2.03 bits per heavy atom. The highest BCUT2D eigenvalue weighted by Crippen LogP contribution is 2.40. The van der Waals surface area contributed by atoms with Crippen molar-refractivity contribution < 1.29 is 31.1 Å². The highest BCUT2D eigenvalue weighted by molar-refractivity contribution is 7.88. The van der Waals surface area contributed by atoms with Crippen molar-refractivity contribution in [1.29, 1.82) is 0 Å². The van der Waals surface area contributed by atoms with Gasteiger partial charge in [0.25, 0.3) is 12.0 Å². The molecule has 3 heterocycles. The monoisotopic (exact) mass is 534 g/mol. The normalized spacial score (nSPS) is 25.4. The van der Waals surface area contributed by atoms with Gasteiger partial charge in [0.15, 0.2) is 0 Å². The minimum absolute atomic E-state index is 0.00692. The first-order valence-corrected chi connectivity index (χ1v) is 14.2. The first-order valence-electron chi connectivity index (χ1n) is 11.1. The molecule has 3 atom stereocenters. The lowest BCUT2D eigenvalue weighted by Gasteiger charge is -2.33. The van der Waals surface area contributed by atoms with Crippen molar-refractivity contribution in [3.05, 3.63) is 28.2 Å². The van der Waals surface area contributed by atoms with E-state index in [1.165, 1.54) is 10.5 Å². The maximum Gasteiger partial charge on any atom is 0.269 e. The van der Waals surface area contributed by atoms with Gasteiger partial charge in [0.2, 0.25) is 16.0 Å².